The van der Waals surface area contributed by atoms with E-state index in [-0.39, 0.29) is 11.5 Å². The van der Waals surface area contributed by atoms with E-state index in [4.69, 9.17) is 0 Å². The quantitative estimate of drug-likeness (QED) is 0.219. The van der Waals surface area contributed by atoms with E-state index in [0.29, 0.717) is 0 Å². The zero-order valence-corrected chi connectivity index (χ0v) is 14.1. The van der Waals surface area contributed by atoms with Gasteiger partial charge in [0, 0.05) is 6.20 Å². The summed E-state index contributed by atoms with van der Waals surface area (Å²) in [7, 11) is -2.15. The van der Waals surface area contributed by atoms with E-state index in [0.717, 1.165) is 0 Å². The lowest BCUT2D eigenvalue weighted by Crippen LogP contribution is -2.26. The highest BCUT2D eigenvalue weighted by molar-refractivity contribution is 6.75. The molecular weight excluding hydrogens is 345 g/mol. The molecule has 0 spiro atoms. The molecule has 0 aliphatic rings. The summed E-state index contributed by atoms with van der Waals surface area (Å²) in [6.45, 7) is 5.53. The minimum absolute atomic E-state index is 0.0574. The van der Waals surface area contributed by atoms with Crippen LogP contribution in [0.25, 0.3) is 0 Å². The van der Waals surface area contributed by atoms with Crippen LogP contribution in [0.2, 0.25) is 19.6 Å². The standard InChI is InChI=1S/C15H14F5N3Si/c1-24(2,3)23-15(8-6-4-5-7-21-8)22-14-12(19)10(17)9(16)11(18)13(14)20/h4-7H,1-3H3,(H,22,23). The van der Waals surface area contributed by atoms with Gasteiger partial charge in [0.2, 0.25) is 5.82 Å². The van der Waals surface area contributed by atoms with Gasteiger partial charge >= 0.3 is 0 Å². The SMILES string of the molecule is C[Si](C)(C)/N=C(/Nc1c(F)c(F)c(F)c(F)c1F)c1ccccn1. The van der Waals surface area contributed by atoms with Crippen LogP contribution >= 0.6 is 0 Å². The lowest BCUT2D eigenvalue weighted by atomic mass is 10.2. The number of hydrogen-bond donors (Lipinski definition) is 1. The highest BCUT2D eigenvalue weighted by atomic mass is 28.3. The first-order valence-corrected chi connectivity index (χ1v) is 10.4. The van der Waals surface area contributed by atoms with Gasteiger partial charge in [0.05, 0.1) is 0 Å². The van der Waals surface area contributed by atoms with Crippen LogP contribution in [0.3, 0.4) is 0 Å². The maximum Gasteiger partial charge on any atom is 0.200 e. The molecule has 0 aliphatic carbocycles. The van der Waals surface area contributed by atoms with Gasteiger partial charge in [0.15, 0.2) is 31.5 Å². The summed E-state index contributed by atoms with van der Waals surface area (Å²) in [5.41, 5.74) is -0.932. The Labute approximate surface area is 136 Å². The van der Waals surface area contributed by atoms with Gasteiger partial charge in [-0.3, -0.25) is 4.98 Å². The third-order valence-corrected chi connectivity index (χ3v) is 3.70. The summed E-state index contributed by atoms with van der Waals surface area (Å²) in [6, 6.07) is 4.74. The van der Waals surface area contributed by atoms with E-state index in [1.165, 1.54) is 12.3 Å². The Morgan fingerprint density at radius 3 is 1.92 bits per heavy atom. The van der Waals surface area contributed by atoms with Gasteiger partial charge in [-0.25, -0.2) is 22.0 Å². The fourth-order valence-corrected chi connectivity index (χ4v) is 2.66. The molecule has 0 fully saturated rings. The molecule has 1 N–H and O–H groups in total. The van der Waals surface area contributed by atoms with E-state index >= 15 is 0 Å². The summed E-state index contributed by atoms with van der Waals surface area (Å²) >= 11 is 0. The predicted octanol–water partition coefficient (Wildman–Crippen LogP) is 4.47. The molecule has 0 radical (unpaired) electrons. The van der Waals surface area contributed by atoms with Crippen LogP contribution in [-0.4, -0.2) is 19.1 Å². The number of benzene rings is 1. The molecular formula is C15H14F5N3Si. The topological polar surface area (TPSA) is 37.3 Å². The highest BCUT2D eigenvalue weighted by Crippen LogP contribution is 2.27. The number of nitrogens with one attached hydrogen (secondary N) is 1. The molecule has 0 saturated carbocycles. The molecule has 0 saturated heterocycles. The second kappa shape index (κ2) is 6.68. The van der Waals surface area contributed by atoms with Crippen LogP contribution < -0.4 is 5.32 Å². The Morgan fingerprint density at radius 1 is 0.917 bits per heavy atom. The van der Waals surface area contributed by atoms with Crippen molar-refractivity contribution in [1.29, 1.82) is 0 Å². The molecule has 24 heavy (non-hydrogen) atoms. The summed E-state index contributed by atoms with van der Waals surface area (Å²) in [5.74, 6) is -10.2. The van der Waals surface area contributed by atoms with E-state index in [1.807, 2.05) is 19.6 Å². The average Bonchev–Trinajstić information content (AvgIpc) is 2.54. The van der Waals surface area contributed by atoms with Crippen molar-refractivity contribution >= 4 is 19.8 Å². The minimum Gasteiger partial charge on any atom is -0.334 e. The van der Waals surface area contributed by atoms with Crippen molar-refractivity contribution in [2.75, 3.05) is 5.32 Å². The Hall–Kier alpha value is -2.29. The molecule has 128 valence electrons. The maximum atomic E-state index is 13.9. The van der Waals surface area contributed by atoms with Crippen molar-refractivity contribution < 1.29 is 22.0 Å². The number of aromatic nitrogens is 1. The first-order valence-electron chi connectivity index (χ1n) is 6.91. The van der Waals surface area contributed by atoms with Gasteiger partial charge in [-0.2, -0.15) is 0 Å². The normalized spacial score (nSPS) is 12.4. The fourth-order valence-electron chi connectivity index (χ4n) is 1.82. The Bertz CT molecular complexity index is 759. The van der Waals surface area contributed by atoms with Crippen LogP contribution in [-0.2, 0) is 0 Å². The van der Waals surface area contributed by atoms with Gasteiger partial charge in [0.1, 0.15) is 17.2 Å². The van der Waals surface area contributed by atoms with Crippen molar-refractivity contribution in [2.24, 2.45) is 4.66 Å². The highest BCUT2D eigenvalue weighted by Gasteiger charge is 2.27. The monoisotopic (exact) mass is 359 g/mol. The van der Waals surface area contributed by atoms with Crippen molar-refractivity contribution in [3.63, 3.8) is 0 Å². The number of halogens is 5. The molecule has 0 amide bonds. The third kappa shape index (κ3) is 3.78. The molecule has 1 aromatic carbocycles. The molecule has 9 heteroatoms. The predicted molar refractivity (Wildman–Crippen MR) is 84.0 cm³/mol. The second-order valence-electron chi connectivity index (χ2n) is 5.92. The number of hydrogen-bond acceptors (Lipinski definition) is 2. The van der Waals surface area contributed by atoms with E-state index in [1.54, 1.807) is 12.1 Å². The smallest absolute Gasteiger partial charge is 0.200 e. The number of pyridine rings is 1. The molecule has 0 atom stereocenters. The summed E-state index contributed by atoms with van der Waals surface area (Å²) < 4.78 is 71.9. The first-order chi connectivity index (χ1) is 11.1. The molecule has 2 rings (SSSR count). The van der Waals surface area contributed by atoms with Crippen LogP contribution in [0.15, 0.2) is 29.1 Å². The van der Waals surface area contributed by atoms with Crippen LogP contribution in [0, 0.1) is 29.1 Å². The zero-order valence-electron chi connectivity index (χ0n) is 13.1. The van der Waals surface area contributed by atoms with E-state index in [2.05, 4.69) is 15.0 Å². The second-order valence-corrected chi connectivity index (χ2v) is 10.5. The summed E-state index contributed by atoms with van der Waals surface area (Å²) in [5, 5.41) is 2.22. The van der Waals surface area contributed by atoms with Crippen molar-refractivity contribution in [3.05, 3.63) is 59.2 Å². The summed E-state index contributed by atoms with van der Waals surface area (Å²) in [4.78, 5) is 4.00. The molecule has 1 heterocycles. The zero-order chi connectivity index (χ0) is 18.1. The van der Waals surface area contributed by atoms with Gasteiger partial charge < -0.3 is 9.97 Å². The largest absolute Gasteiger partial charge is 0.334 e. The van der Waals surface area contributed by atoms with Crippen LogP contribution in [0.4, 0.5) is 27.6 Å². The Balaban J connectivity index is 2.59. The maximum absolute atomic E-state index is 13.9. The molecule has 0 unspecified atom stereocenters. The molecule has 2 aromatic rings. The molecule has 1 aromatic heterocycles. The summed E-state index contributed by atoms with van der Waals surface area (Å²) in [6.07, 6.45) is 1.43. The minimum atomic E-state index is -2.21. The number of rotatable bonds is 3. The van der Waals surface area contributed by atoms with Crippen molar-refractivity contribution in [2.45, 2.75) is 19.6 Å². The van der Waals surface area contributed by atoms with Crippen LogP contribution in [0.1, 0.15) is 5.69 Å². The third-order valence-electron chi connectivity index (χ3n) is 2.81. The van der Waals surface area contributed by atoms with E-state index in [9.17, 15) is 22.0 Å². The van der Waals surface area contributed by atoms with Crippen LogP contribution in [0.5, 0.6) is 0 Å². The fraction of sp³-hybridized carbons (Fsp3) is 0.200. The molecule has 0 bridgehead atoms. The van der Waals surface area contributed by atoms with Crippen molar-refractivity contribution in [1.82, 2.24) is 4.98 Å². The van der Waals surface area contributed by atoms with Gasteiger partial charge in [0.25, 0.3) is 0 Å². The van der Waals surface area contributed by atoms with Gasteiger partial charge in [-0.15, -0.1) is 0 Å². The molecule has 3 nitrogen and oxygen atoms in total. The number of anilines is 1. The Morgan fingerprint density at radius 2 is 1.46 bits per heavy atom. The van der Waals surface area contributed by atoms with Gasteiger partial charge in [-0.1, -0.05) is 6.07 Å². The number of nitrogens with zero attached hydrogens (tertiary/aromatic N) is 2. The Kier molecular flexibility index (Phi) is 5.02. The number of amidine groups is 1. The van der Waals surface area contributed by atoms with Crippen molar-refractivity contribution in [3.8, 4) is 0 Å². The lowest BCUT2D eigenvalue weighted by Gasteiger charge is -2.17. The lowest BCUT2D eigenvalue weighted by molar-refractivity contribution is 0.382. The van der Waals surface area contributed by atoms with Gasteiger partial charge in [-0.05, 0) is 31.8 Å². The first kappa shape index (κ1) is 18.1. The van der Waals surface area contributed by atoms with E-state index < -0.39 is 43.0 Å². The average molecular weight is 359 g/mol. The molecule has 0 aliphatic heterocycles.